The second-order valence-corrected chi connectivity index (χ2v) is 4.98. The lowest BCUT2D eigenvalue weighted by Gasteiger charge is -2.39. The maximum atomic E-state index is 9.47. The summed E-state index contributed by atoms with van der Waals surface area (Å²) in [5, 5.41) is 9.47. The Balaban J connectivity index is 2.17. The fraction of sp³-hybridized carbons (Fsp3) is 0.643. The summed E-state index contributed by atoms with van der Waals surface area (Å²) >= 11 is 0. The van der Waals surface area contributed by atoms with Gasteiger partial charge in [-0.15, -0.1) is 0 Å². The number of nitrogens with zero attached hydrogens (tertiary/aromatic N) is 2. The van der Waals surface area contributed by atoms with Crippen LogP contribution in [0.15, 0.2) is 18.3 Å². The Morgan fingerprint density at radius 1 is 1.56 bits per heavy atom. The van der Waals surface area contributed by atoms with Crippen LogP contribution < -0.4 is 4.90 Å². The quantitative estimate of drug-likeness (QED) is 0.892. The highest BCUT2D eigenvalue weighted by molar-refractivity contribution is 5.46. The zero-order chi connectivity index (χ0) is 13.1. The van der Waals surface area contributed by atoms with E-state index in [2.05, 4.69) is 23.7 Å². The molecule has 4 heteroatoms. The molecular formula is C14H22N2O2. The molecule has 0 saturated carbocycles. The Morgan fingerprint density at radius 2 is 2.33 bits per heavy atom. The number of anilines is 1. The van der Waals surface area contributed by atoms with Crippen LogP contribution in [0.4, 0.5) is 5.69 Å². The van der Waals surface area contributed by atoms with Gasteiger partial charge in [0.2, 0.25) is 0 Å². The monoisotopic (exact) mass is 250 g/mol. The second-order valence-electron chi connectivity index (χ2n) is 4.98. The van der Waals surface area contributed by atoms with Gasteiger partial charge >= 0.3 is 0 Å². The Hall–Kier alpha value is -1.13. The summed E-state index contributed by atoms with van der Waals surface area (Å²) in [5.41, 5.74) is 1.83. The van der Waals surface area contributed by atoms with Crippen molar-refractivity contribution >= 4 is 5.69 Å². The van der Waals surface area contributed by atoms with Crippen molar-refractivity contribution in [3.63, 3.8) is 0 Å². The standard InChI is InChI=1S/C14H22N2O2/c1-4-12-9-18-10(2)8-16(12)13-5-6-14(11(3)17)15-7-13/h5-7,10-12,17H,4,8-9H2,1-3H3/t10?,11-,12?/m0/s1. The number of hydrogen-bond acceptors (Lipinski definition) is 4. The molecule has 2 heterocycles. The maximum absolute atomic E-state index is 9.47. The normalized spacial score (nSPS) is 26.1. The van der Waals surface area contributed by atoms with Crippen molar-refractivity contribution in [2.24, 2.45) is 0 Å². The lowest BCUT2D eigenvalue weighted by molar-refractivity contribution is 0.0299. The molecule has 1 saturated heterocycles. The van der Waals surface area contributed by atoms with Crippen molar-refractivity contribution in [3.05, 3.63) is 24.0 Å². The van der Waals surface area contributed by atoms with Crippen LogP contribution in [0.25, 0.3) is 0 Å². The number of aliphatic hydroxyl groups excluding tert-OH is 1. The summed E-state index contributed by atoms with van der Waals surface area (Å²) in [7, 11) is 0. The Labute approximate surface area is 109 Å². The van der Waals surface area contributed by atoms with Gasteiger partial charge in [-0.25, -0.2) is 0 Å². The van der Waals surface area contributed by atoms with E-state index >= 15 is 0 Å². The molecule has 1 aliphatic rings. The summed E-state index contributed by atoms with van der Waals surface area (Å²) in [6, 6.07) is 4.35. The molecule has 1 aromatic heterocycles. The highest BCUT2D eigenvalue weighted by Crippen LogP contribution is 2.23. The topological polar surface area (TPSA) is 45.6 Å². The molecule has 1 aromatic rings. The number of ether oxygens (including phenoxy) is 1. The molecule has 4 nitrogen and oxygen atoms in total. The molecule has 0 aromatic carbocycles. The van der Waals surface area contributed by atoms with E-state index in [1.54, 1.807) is 6.92 Å². The van der Waals surface area contributed by atoms with Crippen LogP contribution in [0.1, 0.15) is 39.0 Å². The summed E-state index contributed by atoms with van der Waals surface area (Å²) in [6.07, 6.45) is 2.65. The van der Waals surface area contributed by atoms with E-state index in [0.717, 1.165) is 25.3 Å². The van der Waals surface area contributed by atoms with Crippen LogP contribution in [-0.2, 0) is 4.74 Å². The third-order valence-electron chi connectivity index (χ3n) is 3.47. The predicted octanol–water partition coefficient (Wildman–Crippen LogP) is 2.14. The Bertz CT molecular complexity index is 378. The number of pyridine rings is 1. The van der Waals surface area contributed by atoms with Gasteiger partial charge in [-0.1, -0.05) is 6.92 Å². The highest BCUT2D eigenvalue weighted by Gasteiger charge is 2.25. The summed E-state index contributed by atoms with van der Waals surface area (Å²) in [5.74, 6) is 0. The van der Waals surface area contributed by atoms with E-state index < -0.39 is 6.10 Å². The number of aromatic nitrogens is 1. The summed E-state index contributed by atoms with van der Waals surface area (Å²) in [4.78, 5) is 6.67. The maximum Gasteiger partial charge on any atom is 0.0931 e. The van der Waals surface area contributed by atoms with Gasteiger partial charge in [-0.05, 0) is 32.4 Å². The summed E-state index contributed by atoms with van der Waals surface area (Å²) < 4.78 is 5.69. The first-order valence-electron chi connectivity index (χ1n) is 6.64. The largest absolute Gasteiger partial charge is 0.387 e. The minimum absolute atomic E-state index is 0.254. The second kappa shape index (κ2) is 5.67. The molecule has 0 amide bonds. The van der Waals surface area contributed by atoms with E-state index in [4.69, 9.17) is 4.74 Å². The van der Waals surface area contributed by atoms with Crippen molar-refractivity contribution in [2.45, 2.75) is 45.4 Å². The molecule has 3 atom stereocenters. The predicted molar refractivity (Wildman–Crippen MR) is 71.7 cm³/mol. The first-order valence-corrected chi connectivity index (χ1v) is 6.64. The van der Waals surface area contributed by atoms with E-state index in [1.807, 2.05) is 18.3 Å². The first kappa shape index (κ1) is 13.3. The van der Waals surface area contributed by atoms with Crippen molar-refractivity contribution in [3.8, 4) is 0 Å². The van der Waals surface area contributed by atoms with Crippen LogP contribution in [-0.4, -0.2) is 35.4 Å². The first-order chi connectivity index (χ1) is 8.61. The van der Waals surface area contributed by atoms with Crippen LogP contribution in [0.2, 0.25) is 0 Å². The molecule has 1 aliphatic heterocycles. The molecule has 18 heavy (non-hydrogen) atoms. The van der Waals surface area contributed by atoms with Gasteiger partial charge in [-0.3, -0.25) is 4.98 Å². The number of rotatable bonds is 3. The molecule has 2 unspecified atom stereocenters. The SMILES string of the molecule is CCC1COC(C)CN1c1ccc([C@H](C)O)nc1. The van der Waals surface area contributed by atoms with Gasteiger partial charge < -0.3 is 14.7 Å². The third-order valence-corrected chi connectivity index (χ3v) is 3.47. The molecule has 100 valence electrons. The fourth-order valence-electron chi connectivity index (χ4n) is 2.31. The molecule has 1 N–H and O–H groups in total. The lowest BCUT2D eigenvalue weighted by atomic mass is 10.1. The molecule has 0 spiro atoms. The van der Waals surface area contributed by atoms with Crippen molar-refractivity contribution in [1.82, 2.24) is 4.98 Å². The number of morpholine rings is 1. The Morgan fingerprint density at radius 3 is 2.89 bits per heavy atom. The zero-order valence-corrected chi connectivity index (χ0v) is 11.3. The van der Waals surface area contributed by atoms with Gasteiger partial charge in [0.25, 0.3) is 0 Å². The van der Waals surface area contributed by atoms with Crippen molar-refractivity contribution in [1.29, 1.82) is 0 Å². The third kappa shape index (κ3) is 2.82. The molecule has 1 fully saturated rings. The van der Waals surface area contributed by atoms with Gasteiger partial charge in [0.15, 0.2) is 0 Å². The molecular weight excluding hydrogens is 228 g/mol. The van der Waals surface area contributed by atoms with Crippen molar-refractivity contribution < 1.29 is 9.84 Å². The number of aliphatic hydroxyl groups is 1. The van der Waals surface area contributed by atoms with Crippen molar-refractivity contribution in [2.75, 3.05) is 18.1 Å². The van der Waals surface area contributed by atoms with E-state index in [0.29, 0.717) is 11.7 Å². The molecule has 0 radical (unpaired) electrons. The van der Waals surface area contributed by atoms with E-state index in [-0.39, 0.29) is 6.10 Å². The molecule has 0 aliphatic carbocycles. The minimum Gasteiger partial charge on any atom is -0.387 e. The number of hydrogen-bond donors (Lipinski definition) is 1. The van der Waals surface area contributed by atoms with Crippen LogP contribution in [0, 0.1) is 0 Å². The molecule has 0 bridgehead atoms. The van der Waals surface area contributed by atoms with Gasteiger partial charge in [-0.2, -0.15) is 0 Å². The Kier molecular flexibility index (Phi) is 4.19. The zero-order valence-electron chi connectivity index (χ0n) is 11.3. The van der Waals surface area contributed by atoms with Gasteiger partial charge in [0.1, 0.15) is 0 Å². The smallest absolute Gasteiger partial charge is 0.0931 e. The highest BCUT2D eigenvalue weighted by atomic mass is 16.5. The molecule has 2 rings (SSSR count). The minimum atomic E-state index is -0.510. The van der Waals surface area contributed by atoms with Crippen LogP contribution >= 0.6 is 0 Å². The van der Waals surface area contributed by atoms with Crippen LogP contribution in [0.5, 0.6) is 0 Å². The lowest BCUT2D eigenvalue weighted by Crippen LogP contribution is -2.48. The average molecular weight is 250 g/mol. The fourth-order valence-corrected chi connectivity index (χ4v) is 2.31. The van der Waals surface area contributed by atoms with Crippen LogP contribution in [0.3, 0.4) is 0 Å². The van der Waals surface area contributed by atoms with E-state index in [1.165, 1.54) is 0 Å². The average Bonchev–Trinajstić information content (AvgIpc) is 2.39. The van der Waals surface area contributed by atoms with Gasteiger partial charge in [0.05, 0.1) is 42.4 Å². The van der Waals surface area contributed by atoms with Gasteiger partial charge in [0, 0.05) is 6.54 Å². The van der Waals surface area contributed by atoms with E-state index in [9.17, 15) is 5.11 Å². The summed E-state index contributed by atoms with van der Waals surface area (Å²) in [6.45, 7) is 7.67.